The third kappa shape index (κ3) is 6.80. The van der Waals surface area contributed by atoms with Crippen LogP contribution < -0.4 is 0 Å². The van der Waals surface area contributed by atoms with Crippen LogP contribution in [0, 0.1) is 5.82 Å². The van der Waals surface area contributed by atoms with Crippen LogP contribution in [0.15, 0.2) is 12.1 Å². The summed E-state index contributed by atoms with van der Waals surface area (Å²) in [6.07, 6.45) is -0.585. The Hall–Kier alpha value is -1.93. The maximum atomic E-state index is 14.6. The Kier molecular flexibility index (Phi) is 7.03. The van der Waals surface area contributed by atoms with Crippen LogP contribution in [-0.4, -0.2) is 53.5 Å². The van der Waals surface area contributed by atoms with Gasteiger partial charge in [-0.05, 0) is 59.2 Å². The normalized spacial score (nSPS) is 16.1. The van der Waals surface area contributed by atoms with E-state index in [1.165, 1.54) is 11.0 Å². The highest BCUT2D eigenvalue weighted by atomic mass is 35.5. The summed E-state index contributed by atoms with van der Waals surface area (Å²) in [5.74, 6) is -1.63. The Balaban J connectivity index is 1.89. The number of ether oxygens (including phenoxy) is 3. The summed E-state index contributed by atoms with van der Waals surface area (Å²) >= 11 is 6.12. The largest absolute Gasteiger partial charge is 0.456 e. The van der Waals surface area contributed by atoms with Crippen LogP contribution in [0.3, 0.4) is 0 Å². The molecule has 9 heteroatoms. The van der Waals surface area contributed by atoms with Crippen molar-refractivity contribution in [2.45, 2.75) is 65.0 Å². The first-order valence-electron chi connectivity index (χ1n) is 9.54. The quantitative estimate of drug-likeness (QED) is 0.600. The van der Waals surface area contributed by atoms with Crippen molar-refractivity contribution < 1.29 is 32.6 Å². The topological polar surface area (TPSA) is 65.1 Å². The van der Waals surface area contributed by atoms with Crippen molar-refractivity contribution in [2.75, 3.05) is 19.7 Å². The van der Waals surface area contributed by atoms with E-state index in [4.69, 9.17) is 25.8 Å². The third-order valence-corrected chi connectivity index (χ3v) is 4.33. The number of halogens is 3. The molecule has 2 rings (SSSR count). The standard InChI is InChI=1S/C21H28ClF2NO5/c1-19(2,3)29-17(26)14-8-15(22)13(7-16(14)23)9-28-12-21(24)10-25(11-21)18(27)30-20(4,5)6/h7-8H,9-12H2,1-6H3. The number of nitrogens with zero attached hydrogens (tertiary/aromatic N) is 1. The predicted octanol–water partition coefficient (Wildman–Crippen LogP) is 4.91. The number of rotatable bonds is 5. The molecule has 6 nitrogen and oxygen atoms in total. The lowest BCUT2D eigenvalue weighted by Gasteiger charge is -2.44. The number of benzene rings is 1. The predicted molar refractivity (Wildman–Crippen MR) is 108 cm³/mol. The van der Waals surface area contributed by atoms with Gasteiger partial charge in [0.15, 0.2) is 5.67 Å². The maximum Gasteiger partial charge on any atom is 0.410 e. The van der Waals surface area contributed by atoms with E-state index in [0.29, 0.717) is 0 Å². The van der Waals surface area contributed by atoms with Gasteiger partial charge in [0.1, 0.15) is 17.0 Å². The molecule has 1 fully saturated rings. The van der Waals surface area contributed by atoms with Crippen LogP contribution in [0.2, 0.25) is 5.02 Å². The van der Waals surface area contributed by atoms with Gasteiger partial charge in [-0.3, -0.25) is 0 Å². The second-order valence-corrected chi connectivity index (χ2v) is 9.81. The molecule has 0 spiro atoms. The fourth-order valence-electron chi connectivity index (χ4n) is 2.72. The minimum Gasteiger partial charge on any atom is -0.456 e. The van der Waals surface area contributed by atoms with Crippen LogP contribution in [0.5, 0.6) is 0 Å². The monoisotopic (exact) mass is 447 g/mol. The molecule has 0 bridgehead atoms. The number of likely N-dealkylation sites (tertiary alicyclic amines) is 1. The fourth-order valence-corrected chi connectivity index (χ4v) is 2.93. The molecular formula is C21H28ClF2NO5. The van der Waals surface area contributed by atoms with Crippen molar-refractivity contribution in [3.63, 3.8) is 0 Å². The molecule has 0 atom stereocenters. The average molecular weight is 448 g/mol. The second-order valence-electron chi connectivity index (χ2n) is 9.41. The van der Waals surface area contributed by atoms with E-state index >= 15 is 0 Å². The number of hydrogen-bond donors (Lipinski definition) is 0. The minimum absolute atomic E-state index is 0.106. The van der Waals surface area contributed by atoms with Gasteiger partial charge in [-0.2, -0.15) is 0 Å². The zero-order chi connectivity index (χ0) is 22.9. The number of amides is 1. The Morgan fingerprint density at radius 3 is 2.20 bits per heavy atom. The first-order valence-corrected chi connectivity index (χ1v) is 9.92. The molecule has 1 aromatic rings. The average Bonchev–Trinajstić information content (AvgIpc) is 2.51. The SMILES string of the molecule is CC(C)(C)OC(=O)c1cc(Cl)c(COCC2(F)CN(C(=O)OC(C)(C)C)C2)cc1F. The molecule has 1 aliphatic heterocycles. The van der Waals surface area contributed by atoms with Crippen molar-refractivity contribution in [1.82, 2.24) is 4.90 Å². The highest BCUT2D eigenvalue weighted by Crippen LogP contribution is 2.29. The smallest absolute Gasteiger partial charge is 0.410 e. The van der Waals surface area contributed by atoms with Gasteiger partial charge in [0.2, 0.25) is 0 Å². The molecule has 1 amide bonds. The van der Waals surface area contributed by atoms with Gasteiger partial charge >= 0.3 is 12.1 Å². The molecule has 30 heavy (non-hydrogen) atoms. The first-order chi connectivity index (χ1) is 13.6. The molecule has 0 aromatic heterocycles. The summed E-state index contributed by atoms with van der Waals surface area (Å²) in [7, 11) is 0. The highest BCUT2D eigenvalue weighted by Gasteiger charge is 2.47. The van der Waals surface area contributed by atoms with Gasteiger partial charge in [-0.1, -0.05) is 11.6 Å². The summed E-state index contributed by atoms with van der Waals surface area (Å²) in [5, 5.41) is 0.106. The van der Waals surface area contributed by atoms with Crippen molar-refractivity contribution >= 4 is 23.7 Å². The molecule has 1 aromatic carbocycles. The van der Waals surface area contributed by atoms with E-state index in [1.54, 1.807) is 41.5 Å². The summed E-state index contributed by atoms with van der Waals surface area (Å²) in [6.45, 7) is 9.45. The summed E-state index contributed by atoms with van der Waals surface area (Å²) in [6, 6.07) is 2.24. The summed E-state index contributed by atoms with van der Waals surface area (Å²) in [4.78, 5) is 25.2. The first kappa shape index (κ1) is 24.3. The van der Waals surface area contributed by atoms with E-state index in [1.807, 2.05) is 0 Å². The molecule has 0 saturated carbocycles. The molecule has 0 N–H and O–H groups in total. The lowest BCUT2D eigenvalue weighted by Crippen LogP contribution is -2.63. The highest BCUT2D eigenvalue weighted by molar-refractivity contribution is 6.31. The number of hydrogen-bond acceptors (Lipinski definition) is 5. The lowest BCUT2D eigenvalue weighted by atomic mass is 9.98. The van der Waals surface area contributed by atoms with E-state index in [-0.39, 0.29) is 42.5 Å². The Morgan fingerprint density at radius 2 is 1.67 bits per heavy atom. The van der Waals surface area contributed by atoms with Gasteiger partial charge in [-0.15, -0.1) is 0 Å². The van der Waals surface area contributed by atoms with E-state index < -0.39 is 34.8 Å². The van der Waals surface area contributed by atoms with Gasteiger partial charge in [0.25, 0.3) is 0 Å². The van der Waals surface area contributed by atoms with Crippen molar-refractivity contribution in [3.8, 4) is 0 Å². The number of esters is 1. The van der Waals surface area contributed by atoms with Crippen molar-refractivity contribution in [1.29, 1.82) is 0 Å². The van der Waals surface area contributed by atoms with E-state index in [2.05, 4.69) is 0 Å². The van der Waals surface area contributed by atoms with Crippen LogP contribution in [0.25, 0.3) is 0 Å². The molecule has 0 unspecified atom stereocenters. The molecule has 1 saturated heterocycles. The zero-order valence-electron chi connectivity index (χ0n) is 18.1. The van der Waals surface area contributed by atoms with Crippen LogP contribution in [0.1, 0.15) is 57.5 Å². The zero-order valence-corrected chi connectivity index (χ0v) is 18.9. The van der Waals surface area contributed by atoms with Gasteiger partial charge in [0.05, 0.1) is 31.9 Å². The molecular weight excluding hydrogens is 420 g/mol. The molecule has 0 radical (unpaired) electrons. The Bertz CT molecular complexity index is 811. The Labute approximate surface area is 180 Å². The number of carbonyl (C=O) groups excluding carboxylic acids is 2. The Morgan fingerprint density at radius 1 is 1.10 bits per heavy atom. The van der Waals surface area contributed by atoms with E-state index in [0.717, 1.165) is 6.07 Å². The fraction of sp³-hybridized carbons (Fsp3) is 0.619. The summed E-state index contributed by atoms with van der Waals surface area (Å²) < 4.78 is 44.6. The van der Waals surface area contributed by atoms with Gasteiger partial charge < -0.3 is 19.1 Å². The van der Waals surface area contributed by atoms with Gasteiger partial charge in [0, 0.05) is 5.02 Å². The van der Waals surface area contributed by atoms with E-state index in [9.17, 15) is 18.4 Å². The van der Waals surface area contributed by atoms with Gasteiger partial charge in [-0.25, -0.2) is 18.4 Å². The lowest BCUT2D eigenvalue weighted by molar-refractivity contribution is -0.0918. The van der Waals surface area contributed by atoms with Crippen LogP contribution in [0.4, 0.5) is 13.6 Å². The number of alkyl halides is 1. The molecule has 1 heterocycles. The minimum atomic E-state index is -1.71. The van der Waals surface area contributed by atoms with Crippen molar-refractivity contribution in [2.24, 2.45) is 0 Å². The number of carbonyl (C=O) groups is 2. The maximum absolute atomic E-state index is 14.6. The van der Waals surface area contributed by atoms with Crippen LogP contribution >= 0.6 is 11.6 Å². The molecule has 0 aliphatic carbocycles. The molecule has 168 valence electrons. The van der Waals surface area contributed by atoms with Crippen LogP contribution in [-0.2, 0) is 20.8 Å². The van der Waals surface area contributed by atoms with Crippen molar-refractivity contribution in [3.05, 3.63) is 34.1 Å². The second kappa shape index (κ2) is 8.67. The molecule has 1 aliphatic rings. The third-order valence-electron chi connectivity index (χ3n) is 3.97. The summed E-state index contributed by atoms with van der Waals surface area (Å²) in [5.41, 5.74) is -3.16.